The number of rotatable bonds is 7. The summed E-state index contributed by atoms with van der Waals surface area (Å²) in [4.78, 5) is 23.2. The first kappa shape index (κ1) is 21.5. The second-order valence-corrected chi connectivity index (χ2v) is 6.42. The van der Waals surface area contributed by atoms with Gasteiger partial charge in [-0.1, -0.05) is 23.2 Å². The summed E-state index contributed by atoms with van der Waals surface area (Å²) in [5.74, 6) is 0.0635. The number of esters is 1. The topological polar surface area (TPSA) is 86.2 Å². The number of hydrogen-bond acceptors (Lipinski definition) is 6. The Balaban J connectivity index is 1.97. The third kappa shape index (κ3) is 6.14. The lowest BCUT2D eigenvalue weighted by atomic mass is 10.2. The third-order valence-electron chi connectivity index (χ3n) is 3.40. The zero-order valence-corrected chi connectivity index (χ0v) is 16.9. The predicted octanol–water partition coefficient (Wildman–Crippen LogP) is 3.84. The van der Waals surface area contributed by atoms with Gasteiger partial charge >= 0.3 is 5.97 Å². The number of benzene rings is 2. The third-order valence-corrected chi connectivity index (χ3v) is 3.93. The molecule has 0 aliphatic carbocycles. The van der Waals surface area contributed by atoms with Crippen LogP contribution in [0.4, 0.5) is 0 Å². The molecule has 1 N–H and O–H groups in total. The van der Waals surface area contributed by atoms with Crippen molar-refractivity contribution >= 4 is 41.3 Å². The summed E-state index contributed by atoms with van der Waals surface area (Å²) in [6, 6.07) is 9.55. The van der Waals surface area contributed by atoms with Crippen LogP contribution < -0.4 is 19.6 Å². The molecule has 1 unspecified atom stereocenters. The quantitative estimate of drug-likeness (QED) is 0.315. The van der Waals surface area contributed by atoms with E-state index in [0.717, 1.165) is 0 Å². The Morgan fingerprint density at radius 1 is 1.11 bits per heavy atom. The first-order valence-electron chi connectivity index (χ1n) is 8.11. The molecule has 9 heteroatoms. The number of carbonyl (C=O) groups excluding carboxylic acids is 2. The van der Waals surface area contributed by atoms with Gasteiger partial charge in [0.1, 0.15) is 5.75 Å². The fourth-order valence-electron chi connectivity index (χ4n) is 2.08. The monoisotopic (exact) mass is 424 g/mol. The number of nitrogens with one attached hydrogen (secondary N) is 1. The highest BCUT2D eigenvalue weighted by molar-refractivity contribution is 6.35. The van der Waals surface area contributed by atoms with Gasteiger partial charge < -0.3 is 14.2 Å². The minimum absolute atomic E-state index is 0.290. The zero-order chi connectivity index (χ0) is 20.7. The fourth-order valence-corrected chi connectivity index (χ4v) is 2.53. The van der Waals surface area contributed by atoms with Gasteiger partial charge in [-0.2, -0.15) is 5.10 Å². The summed E-state index contributed by atoms with van der Waals surface area (Å²) in [6.45, 7) is 2.86. The average molecular weight is 425 g/mol. The Labute approximate surface area is 172 Å². The summed E-state index contributed by atoms with van der Waals surface area (Å²) in [7, 11) is 1.45. The van der Waals surface area contributed by atoms with Crippen molar-refractivity contribution in [2.45, 2.75) is 20.0 Å². The number of amides is 1. The van der Waals surface area contributed by atoms with Gasteiger partial charge in [-0.15, -0.1) is 0 Å². The molecule has 7 nitrogen and oxygen atoms in total. The molecular weight excluding hydrogens is 407 g/mol. The molecule has 0 bridgehead atoms. The van der Waals surface area contributed by atoms with E-state index in [4.69, 9.17) is 37.4 Å². The molecule has 0 saturated heterocycles. The van der Waals surface area contributed by atoms with E-state index in [0.29, 0.717) is 27.1 Å². The maximum atomic E-state index is 12.1. The van der Waals surface area contributed by atoms with Crippen LogP contribution >= 0.6 is 23.2 Å². The summed E-state index contributed by atoms with van der Waals surface area (Å²) >= 11 is 11.8. The summed E-state index contributed by atoms with van der Waals surface area (Å²) in [5.41, 5.74) is 3.00. The molecule has 0 aliphatic rings. The number of hydrogen-bond donors (Lipinski definition) is 1. The number of carbonyl (C=O) groups is 2. The van der Waals surface area contributed by atoms with E-state index in [-0.39, 0.29) is 5.75 Å². The minimum Gasteiger partial charge on any atom is -0.493 e. The predicted molar refractivity (Wildman–Crippen MR) is 107 cm³/mol. The summed E-state index contributed by atoms with van der Waals surface area (Å²) in [6.07, 6.45) is 0.580. The maximum Gasteiger partial charge on any atom is 0.308 e. The molecule has 0 aromatic heterocycles. The van der Waals surface area contributed by atoms with Gasteiger partial charge in [0.15, 0.2) is 17.6 Å². The molecule has 2 aromatic carbocycles. The molecule has 0 fully saturated rings. The second-order valence-electron chi connectivity index (χ2n) is 5.57. The van der Waals surface area contributed by atoms with Gasteiger partial charge in [0.25, 0.3) is 5.91 Å². The molecule has 0 aliphatic heterocycles. The summed E-state index contributed by atoms with van der Waals surface area (Å²) < 4.78 is 15.7. The van der Waals surface area contributed by atoms with Crippen molar-refractivity contribution in [3.8, 4) is 17.2 Å². The lowest BCUT2D eigenvalue weighted by molar-refractivity contribution is -0.132. The largest absolute Gasteiger partial charge is 0.493 e. The van der Waals surface area contributed by atoms with Crippen LogP contribution in [0.25, 0.3) is 0 Å². The molecule has 0 spiro atoms. The van der Waals surface area contributed by atoms with Crippen LogP contribution in [0.1, 0.15) is 19.4 Å². The lowest BCUT2D eigenvalue weighted by Gasteiger charge is -2.14. The number of halogens is 2. The van der Waals surface area contributed by atoms with Crippen molar-refractivity contribution in [2.75, 3.05) is 7.11 Å². The normalized spacial score (nSPS) is 11.8. The van der Waals surface area contributed by atoms with Crippen LogP contribution in [-0.2, 0) is 9.59 Å². The number of ether oxygens (including phenoxy) is 3. The first-order valence-corrected chi connectivity index (χ1v) is 8.87. The Hall–Kier alpha value is -2.77. The SMILES string of the molecule is COc1cc(C=NNC(=O)C(C)Oc2ccc(Cl)cc2Cl)ccc1OC(C)=O. The molecular formula is C19H18Cl2N2O5. The molecule has 0 radical (unpaired) electrons. The molecule has 1 atom stereocenters. The lowest BCUT2D eigenvalue weighted by Crippen LogP contribution is -2.33. The number of methoxy groups -OCH3 is 1. The van der Waals surface area contributed by atoms with Crippen molar-refractivity contribution in [3.05, 3.63) is 52.0 Å². The highest BCUT2D eigenvalue weighted by Gasteiger charge is 2.15. The van der Waals surface area contributed by atoms with Crippen LogP contribution in [0.3, 0.4) is 0 Å². The van der Waals surface area contributed by atoms with Crippen LogP contribution in [0.5, 0.6) is 17.2 Å². The molecule has 2 rings (SSSR count). The van der Waals surface area contributed by atoms with E-state index in [1.807, 2.05) is 0 Å². The van der Waals surface area contributed by atoms with Crippen LogP contribution in [0, 0.1) is 0 Å². The Bertz CT molecular complexity index is 902. The van der Waals surface area contributed by atoms with Gasteiger partial charge in [-0.3, -0.25) is 9.59 Å². The van der Waals surface area contributed by atoms with E-state index in [1.54, 1.807) is 37.3 Å². The van der Waals surface area contributed by atoms with Crippen molar-refractivity contribution in [1.29, 1.82) is 0 Å². The Kier molecular flexibility index (Phi) is 7.66. The van der Waals surface area contributed by atoms with Gasteiger partial charge in [-0.05, 0) is 48.9 Å². The smallest absolute Gasteiger partial charge is 0.308 e. The number of hydrazone groups is 1. The van der Waals surface area contributed by atoms with E-state index >= 15 is 0 Å². The molecule has 148 valence electrons. The minimum atomic E-state index is -0.836. The van der Waals surface area contributed by atoms with Crippen LogP contribution in [0.15, 0.2) is 41.5 Å². The van der Waals surface area contributed by atoms with Gasteiger partial charge in [0.2, 0.25) is 0 Å². The number of nitrogens with zero attached hydrogens (tertiary/aromatic N) is 1. The average Bonchev–Trinajstić information content (AvgIpc) is 2.64. The molecule has 1 amide bonds. The highest BCUT2D eigenvalue weighted by atomic mass is 35.5. The van der Waals surface area contributed by atoms with Gasteiger partial charge in [0, 0.05) is 11.9 Å². The molecule has 0 heterocycles. The zero-order valence-electron chi connectivity index (χ0n) is 15.4. The first-order chi connectivity index (χ1) is 13.3. The highest BCUT2D eigenvalue weighted by Crippen LogP contribution is 2.29. The van der Waals surface area contributed by atoms with Crippen molar-refractivity contribution in [3.63, 3.8) is 0 Å². The van der Waals surface area contributed by atoms with E-state index in [2.05, 4.69) is 10.5 Å². The van der Waals surface area contributed by atoms with E-state index in [9.17, 15) is 9.59 Å². The van der Waals surface area contributed by atoms with Crippen molar-refractivity contribution < 1.29 is 23.8 Å². The Morgan fingerprint density at radius 2 is 1.82 bits per heavy atom. The van der Waals surface area contributed by atoms with Crippen molar-refractivity contribution in [1.82, 2.24) is 5.43 Å². The van der Waals surface area contributed by atoms with Gasteiger partial charge in [0.05, 0.1) is 18.3 Å². The van der Waals surface area contributed by atoms with Crippen molar-refractivity contribution in [2.24, 2.45) is 5.10 Å². The van der Waals surface area contributed by atoms with Crippen LogP contribution in [0.2, 0.25) is 10.0 Å². The van der Waals surface area contributed by atoms with E-state index in [1.165, 1.54) is 26.3 Å². The maximum absolute atomic E-state index is 12.1. The van der Waals surface area contributed by atoms with Gasteiger partial charge in [-0.25, -0.2) is 5.43 Å². The second kappa shape index (κ2) is 9.96. The fraction of sp³-hybridized carbons (Fsp3) is 0.211. The molecule has 0 saturated carbocycles. The molecule has 28 heavy (non-hydrogen) atoms. The van der Waals surface area contributed by atoms with Crippen LogP contribution in [-0.4, -0.2) is 31.3 Å². The molecule has 2 aromatic rings. The Morgan fingerprint density at radius 3 is 2.46 bits per heavy atom. The standard InChI is InChI=1S/C19H18Cl2N2O5/c1-11(27-16-7-5-14(20)9-15(16)21)19(25)23-22-10-13-4-6-17(28-12(2)24)18(8-13)26-3/h4-11H,1-3H3,(H,23,25). The summed E-state index contributed by atoms with van der Waals surface area (Å²) in [5, 5.41) is 4.65. The van der Waals surface area contributed by atoms with E-state index < -0.39 is 18.0 Å².